The Balaban J connectivity index is 1.86. The fraction of sp³-hybridized carbons (Fsp3) is 0.250. The number of hydrogen-bond donors (Lipinski definition) is 1. The van der Waals surface area contributed by atoms with Gasteiger partial charge < -0.3 is 9.88 Å². The van der Waals surface area contributed by atoms with Crippen molar-refractivity contribution in [3.63, 3.8) is 0 Å². The molecule has 0 amide bonds. The summed E-state index contributed by atoms with van der Waals surface area (Å²) >= 11 is 0. The monoisotopic (exact) mass is 375 g/mol. The predicted molar refractivity (Wildman–Crippen MR) is 116 cm³/mol. The first-order valence-corrected chi connectivity index (χ1v) is 11.4. The average Bonchev–Trinajstić information content (AvgIpc) is 2.73. The van der Waals surface area contributed by atoms with Crippen LogP contribution in [0.15, 0.2) is 84.9 Å². The van der Waals surface area contributed by atoms with Crippen molar-refractivity contribution in [1.29, 1.82) is 0 Å². The zero-order valence-corrected chi connectivity index (χ0v) is 16.8. The number of para-hydroxylation sites is 1. The lowest BCUT2D eigenvalue weighted by Gasteiger charge is -2.39. The maximum absolute atomic E-state index is 14.7. The van der Waals surface area contributed by atoms with Gasteiger partial charge in [0.05, 0.1) is 5.78 Å². The van der Waals surface area contributed by atoms with Crippen LogP contribution in [0.2, 0.25) is 0 Å². The van der Waals surface area contributed by atoms with E-state index >= 15 is 0 Å². The topological polar surface area (TPSA) is 29.1 Å². The lowest BCUT2D eigenvalue weighted by molar-refractivity contribution is 0.453. The Morgan fingerprint density at radius 2 is 1.33 bits per heavy atom. The van der Waals surface area contributed by atoms with Gasteiger partial charge in [-0.25, -0.2) is 0 Å². The van der Waals surface area contributed by atoms with E-state index in [1.165, 1.54) is 5.56 Å². The second-order valence-electron chi connectivity index (χ2n) is 7.66. The molecule has 0 bridgehead atoms. The van der Waals surface area contributed by atoms with E-state index in [4.69, 9.17) is 0 Å². The van der Waals surface area contributed by atoms with Gasteiger partial charge >= 0.3 is 0 Å². The van der Waals surface area contributed by atoms with Gasteiger partial charge in [-0.1, -0.05) is 92.7 Å². The summed E-state index contributed by atoms with van der Waals surface area (Å²) in [5.74, 6) is 0.786. The first kappa shape index (κ1) is 18.1. The third kappa shape index (κ3) is 3.24. The predicted octanol–water partition coefficient (Wildman–Crippen LogP) is 5.58. The van der Waals surface area contributed by atoms with E-state index in [1.54, 1.807) is 0 Å². The van der Waals surface area contributed by atoms with Crippen molar-refractivity contribution in [2.45, 2.75) is 32.0 Å². The minimum Gasteiger partial charge on any atom is -0.375 e. The maximum atomic E-state index is 14.7. The highest BCUT2D eigenvalue weighted by Gasteiger charge is 2.41. The van der Waals surface area contributed by atoms with Crippen molar-refractivity contribution in [1.82, 2.24) is 0 Å². The van der Waals surface area contributed by atoms with Crippen LogP contribution in [0.5, 0.6) is 0 Å². The maximum Gasteiger partial charge on any atom is 0.164 e. The van der Waals surface area contributed by atoms with Gasteiger partial charge in [-0.15, -0.1) is 0 Å². The summed E-state index contributed by atoms with van der Waals surface area (Å²) in [5.41, 5.74) is 2.47. The van der Waals surface area contributed by atoms with Gasteiger partial charge in [-0.2, -0.15) is 0 Å². The summed E-state index contributed by atoms with van der Waals surface area (Å²) in [4.78, 5) is 0. The van der Waals surface area contributed by atoms with Crippen molar-refractivity contribution in [2.75, 3.05) is 5.32 Å². The lowest BCUT2D eigenvalue weighted by atomic mass is 9.82. The number of hydrogen-bond acceptors (Lipinski definition) is 2. The van der Waals surface area contributed by atoms with E-state index in [0.717, 1.165) is 22.7 Å². The third-order valence-electron chi connectivity index (χ3n) is 5.68. The molecule has 2 nitrogen and oxygen atoms in total. The SMILES string of the molecule is CC(C)C1CC(P(=O)(c2ccccc2)c2ccccc2)Nc2ccccc21. The highest BCUT2D eigenvalue weighted by molar-refractivity contribution is 7.79. The van der Waals surface area contributed by atoms with E-state index in [2.05, 4.69) is 43.4 Å². The molecule has 4 rings (SSSR count). The molecular weight excluding hydrogens is 349 g/mol. The van der Waals surface area contributed by atoms with Gasteiger partial charge in [-0.3, -0.25) is 0 Å². The minimum atomic E-state index is -2.84. The van der Waals surface area contributed by atoms with Crippen LogP contribution in [0.1, 0.15) is 31.7 Å². The van der Waals surface area contributed by atoms with E-state index in [9.17, 15) is 4.57 Å². The first-order chi connectivity index (χ1) is 13.1. The van der Waals surface area contributed by atoms with Crippen molar-refractivity contribution >= 4 is 23.4 Å². The van der Waals surface area contributed by atoms with Crippen LogP contribution < -0.4 is 15.9 Å². The van der Waals surface area contributed by atoms with Crippen molar-refractivity contribution < 1.29 is 4.57 Å². The summed E-state index contributed by atoms with van der Waals surface area (Å²) in [6, 6.07) is 28.5. The number of rotatable bonds is 4. The fourth-order valence-electron chi connectivity index (χ4n) is 4.24. The standard InChI is InChI=1S/C24H26NOP/c1-18(2)22-17-24(25-23-16-10-9-15-21(22)23)27(26,19-11-5-3-6-12-19)20-13-7-4-8-14-20/h3-16,18,22,24-25H,17H2,1-2H3. The molecule has 1 aliphatic heterocycles. The molecule has 1 heterocycles. The Labute approximate surface area is 162 Å². The molecule has 0 saturated carbocycles. The van der Waals surface area contributed by atoms with Crippen molar-refractivity contribution in [2.24, 2.45) is 5.92 Å². The summed E-state index contributed by atoms with van der Waals surface area (Å²) in [6.45, 7) is 4.53. The zero-order valence-electron chi connectivity index (χ0n) is 15.9. The van der Waals surface area contributed by atoms with E-state index < -0.39 is 7.14 Å². The van der Waals surface area contributed by atoms with Gasteiger partial charge in [-0.05, 0) is 29.9 Å². The molecule has 0 fully saturated rings. The highest BCUT2D eigenvalue weighted by atomic mass is 31.2. The lowest BCUT2D eigenvalue weighted by Crippen LogP contribution is -2.36. The molecule has 27 heavy (non-hydrogen) atoms. The van der Waals surface area contributed by atoms with Crippen LogP contribution in [0.4, 0.5) is 5.69 Å². The first-order valence-electron chi connectivity index (χ1n) is 9.67. The normalized spacial score (nSPS) is 19.4. The quantitative estimate of drug-likeness (QED) is 0.603. The molecule has 0 aliphatic carbocycles. The largest absolute Gasteiger partial charge is 0.375 e. The number of benzene rings is 3. The molecule has 3 heteroatoms. The van der Waals surface area contributed by atoms with Gasteiger partial charge in [0.1, 0.15) is 0 Å². The minimum absolute atomic E-state index is 0.107. The van der Waals surface area contributed by atoms with E-state index in [0.29, 0.717) is 11.8 Å². The van der Waals surface area contributed by atoms with Crippen LogP contribution in [-0.2, 0) is 4.57 Å². The number of nitrogens with one attached hydrogen (secondary N) is 1. The number of fused-ring (bicyclic) bond motifs is 1. The third-order valence-corrected chi connectivity index (χ3v) is 9.03. The Morgan fingerprint density at radius 1 is 0.815 bits per heavy atom. The second kappa shape index (κ2) is 7.37. The molecule has 3 aromatic rings. The molecule has 0 spiro atoms. The van der Waals surface area contributed by atoms with Gasteiger partial charge in [0.15, 0.2) is 7.14 Å². The van der Waals surface area contributed by atoms with Crippen molar-refractivity contribution in [3.05, 3.63) is 90.5 Å². The molecule has 1 aliphatic rings. The summed E-state index contributed by atoms with van der Waals surface area (Å²) in [7, 11) is -2.84. The average molecular weight is 375 g/mol. The number of anilines is 1. The van der Waals surface area contributed by atoms with Gasteiger partial charge in [0, 0.05) is 16.3 Å². The van der Waals surface area contributed by atoms with Crippen LogP contribution >= 0.6 is 7.14 Å². The summed E-state index contributed by atoms with van der Waals surface area (Å²) < 4.78 is 14.7. The van der Waals surface area contributed by atoms with Crippen LogP contribution in [0.3, 0.4) is 0 Å². The molecule has 2 unspecified atom stereocenters. The zero-order chi connectivity index (χ0) is 18.9. The molecule has 0 aromatic heterocycles. The molecule has 0 saturated heterocycles. The Morgan fingerprint density at radius 3 is 1.89 bits per heavy atom. The van der Waals surface area contributed by atoms with Gasteiger partial charge in [0.25, 0.3) is 0 Å². The molecule has 1 N–H and O–H groups in total. The van der Waals surface area contributed by atoms with E-state index in [-0.39, 0.29) is 5.78 Å². The Hall–Kier alpha value is -2.31. The second-order valence-corrected chi connectivity index (χ2v) is 10.6. The fourth-order valence-corrected chi connectivity index (χ4v) is 7.33. The van der Waals surface area contributed by atoms with Crippen molar-refractivity contribution in [3.8, 4) is 0 Å². The summed E-state index contributed by atoms with van der Waals surface area (Å²) in [6.07, 6.45) is 0.871. The molecular formula is C24H26NOP. The molecule has 3 aromatic carbocycles. The van der Waals surface area contributed by atoms with Gasteiger partial charge in [0.2, 0.25) is 0 Å². The van der Waals surface area contributed by atoms with Crippen LogP contribution in [0.25, 0.3) is 0 Å². The van der Waals surface area contributed by atoms with Crippen LogP contribution in [0, 0.1) is 5.92 Å². The molecule has 2 atom stereocenters. The summed E-state index contributed by atoms with van der Waals surface area (Å²) in [5, 5.41) is 5.51. The Bertz CT molecular complexity index is 909. The van der Waals surface area contributed by atoms with E-state index in [1.807, 2.05) is 60.7 Å². The smallest absolute Gasteiger partial charge is 0.164 e. The molecule has 0 radical (unpaired) electrons. The highest BCUT2D eigenvalue weighted by Crippen LogP contribution is 2.55. The molecule has 138 valence electrons. The van der Waals surface area contributed by atoms with Crippen LogP contribution in [-0.4, -0.2) is 5.78 Å². The Kier molecular flexibility index (Phi) is 4.93.